The summed E-state index contributed by atoms with van der Waals surface area (Å²) < 4.78 is 0. The first-order valence-electron chi connectivity index (χ1n) is 4.94. The number of carbonyl (C=O) groups excluding carboxylic acids is 1. The summed E-state index contributed by atoms with van der Waals surface area (Å²) in [5, 5.41) is 2.99. The monoisotopic (exact) mass is 167 g/mol. The van der Waals surface area contributed by atoms with Crippen LogP contribution in [-0.2, 0) is 4.79 Å². The predicted octanol–water partition coefficient (Wildman–Crippen LogP) is 1.70. The van der Waals surface area contributed by atoms with Gasteiger partial charge in [-0.3, -0.25) is 4.79 Å². The van der Waals surface area contributed by atoms with Crippen LogP contribution in [0.2, 0.25) is 0 Å². The molecule has 0 aromatic carbocycles. The summed E-state index contributed by atoms with van der Waals surface area (Å²) in [6, 6.07) is 0.301. The summed E-state index contributed by atoms with van der Waals surface area (Å²) in [6.07, 6.45) is 5.09. The average molecular weight is 167 g/mol. The van der Waals surface area contributed by atoms with Gasteiger partial charge in [0.1, 0.15) is 0 Å². The molecule has 12 heavy (non-hydrogen) atoms. The van der Waals surface area contributed by atoms with E-state index >= 15 is 0 Å². The van der Waals surface area contributed by atoms with Gasteiger partial charge in [0.25, 0.3) is 0 Å². The van der Waals surface area contributed by atoms with Crippen LogP contribution in [0.5, 0.6) is 0 Å². The van der Waals surface area contributed by atoms with Crippen molar-refractivity contribution in [2.45, 2.75) is 45.6 Å². The third-order valence-electron chi connectivity index (χ3n) is 3.29. The van der Waals surface area contributed by atoms with E-state index in [-0.39, 0.29) is 0 Å². The molecule has 0 aromatic rings. The second-order valence-electron chi connectivity index (χ2n) is 4.64. The standard InChI is InChI=1S/C10H17NO/c1-7(2)11-9(12)8-6-10(8)4-3-5-10/h7-8H,3-6H2,1-2H3,(H,11,12)/t8-/m1/s1. The van der Waals surface area contributed by atoms with E-state index in [0.29, 0.717) is 23.3 Å². The first-order chi connectivity index (χ1) is 5.64. The molecule has 0 aliphatic heterocycles. The molecule has 1 N–H and O–H groups in total. The van der Waals surface area contributed by atoms with Gasteiger partial charge in [-0.2, -0.15) is 0 Å². The number of amides is 1. The molecule has 2 saturated carbocycles. The zero-order chi connectivity index (χ0) is 8.77. The number of hydrogen-bond acceptors (Lipinski definition) is 1. The molecule has 2 aliphatic carbocycles. The first-order valence-corrected chi connectivity index (χ1v) is 4.94. The van der Waals surface area contributed by atoms with Crippen LogP contribution in [0.3, 0.4) is 0 Å². The molecule has 1 spiro atoms. The minimum Gasteiger partial charge on any atom is -0.354 e. The Hall–Kier alpha value is -0.530. The fraction of sp³-hybridized carbons (Fsp3) is 0.900. The zero-order valence-corrected chi connectivity index (χ0v) is 7.89. The topological polar surface area (TPSA) is 29.1 Å². The maximum Gasteiger partial charge on any atom is 0.223 e. The summed E-state index contributed by atoms with van der Waals surface area (Å²) in [6.45, 7) is 4.04. The van der Waals surface area contributed by atoms with Gasteiger partial charge in [0, 0.05) is 12.0 Å². The maximum absolute atomic E-state index is 11.5. The lowest BCUT2D eigenvalue weighted by Gasteiger charge is -2.26. The van der Waals surface area contributed by atoms with Gasteiger partial charge in [-0.1, -0.05) is 6.42 Å². The smallest absolute Gasteiger partial charge is 0.223 e. The minimum absolute atomic E-state index is 0.296. The van der Waals surface area contributed by atoms with Crippen LogP contribution in [0.15, 0.2) is 0 Å². The van der Waals surface area contributed by atoms with Gasteiger partial charge in [0.05, 0.1) is 0 Å². The lowest BCUT2D eigenvalue weighted by molar-refractivity contribution is -0.124. The second kappa shape index (κ2) is 2.48. The van der Waals surface area contributed by atoms with Gasteiger partial charge < -0.3 is 5.32 Å². The van der Waals surface area contributed by atoms with E-state index in [1.165, 1.54) is 19.3 Å². The lowest BCUT2D eigenvalue weighted by Crippen LogP contribution is -2.34. The summed E-state index contributed by atoms with van der Waals surface area (Å²) in [5.41, 5.74) is 0.485. The molecular weight excluding hydrogens is 150 g/mol. The summed E-state index contributed by atoms with van der Waals surface area (Å²) in [5.74, 6) is 0.665. The van der Waals surface area contributed by atoms with E-state index in [4.69, 9.17) is 0 Å². The van der Waals surface area contributed by atoms with E-state index in [1.807, 2.05) is 13.8 Å². The Labute approximate surface area is 73.7 Å². The molecule has 2 rings (SSSR count). The Balaban J connectivity index is 1.83. The van der Waals surface area contributed by atoms with Crippen molar-refractivity contribution in [2.75, 3.05) is 0 Å². The summed E-state index contributed by atoms with van der Waals surface area (Å²) in [7, 11) is 0. The third-order valence-corrected chi connectivity index (χ3v) is 3.29. The Bertz CT molecular complexity index is 206. The molecule has 0 unspecified atom stereocenters. The molecule has 68 valence electrons. The van der Waals surface area contributed by atoms with E-state index in [0.717, 1.165) is 6.42 Å². The highest BCUT2D eigenvalue weighted by Crippen LogP contribution is 2.65. The van der Waals surface area contributed by atoms with Crippen LogP contribution >= 0.6 is 0 Å². The highest BCUT2D eigenvalue weighted by Gasteiger charge is 2.60. The number of nitrogens with one attached hydrogen (secondary N) is 1. The van der Waals surface area contributed by atoms with Crippen LogP contribution in [0.1, 0.15) is 39.5 Å². The molecule has 0 saturated heterocycles. The highest BCUT2D eigenvalue weighted by atomic mass is 16.2. The molecule has 2 fully saturated rings. The molecule has 2 nitrogen and oxygen atoms in total. The lowest BCUT2D eigenvalue weighted by atomic mass is 9.79. The van der Waals surface area contributed by atoms with Crippen molar-refractivity contribution in [3.05, 3.63) is 0 Å². The minimum atomic E-state index is 0.296. The molecule has 0 heterocycles. The first kappa shape index (κ1) is 8.09. The molecule has 1 atom stereocenters. The van der Waals surface area contributed by atoms with Crippen molar-refractivity contribution in [3.8, 4) is 0 Å². The van der Waals surface area contributed by atoms with E-state index in [2.05, 4.69) is 5.32 Å². The van der Waals surface area contributed by atoms with E-state index in [9.17, 15) is 4.79 Å². The SMILES string of the molecule is CC(C)NC(=O)[C@H]1CC12CCC2. The van der Waals surface area contributed by atoms with Gasteiger partial charge in [-0.25, -0.2) is 0 Å². The molecule has 2 heteroatoms. The van der Waals surface area contributed by atoms with Crippen LogP contribution in [0.25, 0.3) is 0 Å². The quantitative estimate of drug-likeness (QED) is 0.666. The Morgan fingerprint density at radius 2 is 2.17 bits per heavy atom. The maximum atomic E-state index is 11.5. The van der Waals surface area contributed by atoms with Crippen molar-refractivity contribution in [1.29, 1.82) is 0 Å². The second-order valence-corrected chi connectivity index (χ2v) is 4.64. The van der Waals surface area contributed by atoms with Crippen molar-refractivity contribution >= 4 is 5.91 Å². The van der Waals surface area contributed by atoms with Crippen LogP contribution in [-0.4, -0.2) is 11.9 Å². The molecule has 0 aromatic heterocycles. The molecule has 0 bridgehead atoms. The predicted molar refractivity (Wildman–Crippen MR) is 47.7 cm³/mol. The highest BCUT2D eigenvalue weighted by molar-refractivity contribution is 5.83. The Morgan fingerprint density at radius 1 is 1.50 bits per heavy atom. The van der Waals surface area contributed by atoms with Crippen molar-refractivity contribution in [3.63, 3.8) is 0 Å². The van der Waals surface area contributed by atoms with Crippen LogP contribution < -0.4 is 5.32 Å². The van der Waals surface area contributed by atoms with Crippen LogP contribution in [0, 0.1) is 11.3 Å². The average Bonchev–Trinajstić information content (AvgIpc) is 2.56. The van der Waals surface area contributed by atoms with Gasteiger partial charge in [-0.05, 0) is 38.5 Å². The normalized spacial score (nSPS) is 30.1. The van der Waals surface area contributed by atoms with Gasteiger partial charge in [-0.15, -0.1) is 0 Å². The van der Waals surface area contributed by atoms with Crippen molar-refractivity contribution in [2.24, 2.45) is 11.3 Å². The Morgan fingerprint density at radius 3 is 2.50 bits per heavy atom. The largest absolute Gasteiger partial charge is 0.354 e. The zero-order valence-electron chi connectivity index (χ0n) is 7.89. The number of hydrogen-bond donors (Lipinski definition) is 1. The number of rotatable bonds is 2. The van der Waals surface area contributed by atoms with Gasteiger partial charge >= 0.3 is 0 Å². The van der Waals surface area contributed by atoms with E-state index < -0.39 is 0 Å². The fourth-order valence-corrected chi connectivity index (χ4v) is 2.29. The summed E-state index contributed by atoms with van der Waals surface area (Å²) in [4.78, 5) is 11.5. The molecule has 2 aliphatic rings. The molecule has 1 amide bonds. The van der Waals surface area contributed by atoms with E-state index in [1.54, 1.807) is 0 Å². The fourth-order valence-electron chi connectivity index (χ4n) is 2.29. The third kappa shape index (κ3) is 1.13. The number of carbonyl (C=O) groups is 1. The van der Waals surface area contributed by atoms with Crippen molar-refractivity contribution < 1.29 is 4.79 Å². The Kier molecular flexibility index (Phi) is 1.67. The van der Waals surface area contributed by atoms with Crippen molar-refractivity contribution in [1.82, 2.24) is 5.32 Å². The molecular formula is C10H17NO. The molecule has 0 radical (unpaired) electrons. The summed E-state index contributed by atoms with van der Waals surface area (Å²) >= 11 is 0. The van der Waals surface area contributed by atoms with Crippen LogP contribution in [0.4, 0.5) is 0 Å². The van der Waals surface area contributed by atoms with Gasteiger partial charge in [0.2, 0.25) is 5.91 Å². The van der Waals surface area contributed by atoms with Gasteiger partial charge in [0.15, 0.2) is 0 Å².